The number of nitrogens with zero attached hydrogens (tertiary/aromatic N) is 1. The number of hydrogen-bond acceptors (Lipinski definition) is 3. The Kier molecular flexibility index (Phi) is 8.59. The second-order valence-corrected chi connectivity index (χ2v) is 20.8. The van der Waals surface area contributed by atoms with E-state index in [-0.39, 0.29) is 5.41 Å². The zero-order valence-electron chi connectivity index (χ0n) is 37.8. The Bertz CT molecular complexity index is 3580. The lowest BCUT2D eigenvalue weighted by Gasteiger charge is -2.43. The van der Waals surface area contributed by atoms with Gasteiger partial charge >= 0.3 is 0 Å². The van der Waals surface area contributed by atoms with Crippen LogP contribution in [0.5, 0.6) is 0 Å². The van der Waals surface area contributed by atoms with Crippen molar-refractivity contribution in [3.05, 3.63) is 245 Å². The molecule has 2 heterocycles. The number of para-hydroxylation sites is 1. The van der Waals surface area contributed by atoms with Gasteiger partial charge in [-0.25, -0.2) is 0 Å². The van der Waals surface area contributed by atoms with Crippen LogP contribution in [0.3, 0.4) is 0 Å². The van der Waals surface area contributed by atoms with Gasteiger partial charge in [-0.05, 0) is 135 Å². The Labute approximate surface area is 396 Å². The van der Waals surface area contributed by atoms with Crippen molar-refractivity contribution in [3.63, 3.8) is 0 Å². The lowest BCUT2D eigenvalue weighted by molar-refractivity contribution is 0.393. The molecule has 10 aromatic rings. The molecule has 1 aliphatic heterocycles. The second kappa shape index (κ2) is 14.7. The third-order valence-electron chi connectivity index (χ3n) is 16.1. The normalized spacial score (nSPS) is 17.9. The van der Waals surface area contributed by atoms with Crippen molar-refractivity contribution in [2.24, 2.45) is 0 Å². The maximum absolute atomic E-state index is 6.73. The Morgan fingerprint density at radius 2 is 1.03 bits per heavy atom. The monoisotopic (exact) mass is 879 g/mol. The van der Waals surface area contributed by atoms with Gasteiger partial charge in [-0.15, -0.1) is 0 Å². The molecule has 0 bridgehead atoms. The smallest absolute Gasteiger partial charge is 0.137 e. The molecular weight excluding hydrogens is 831 g/mol. The van der Waals surface area contributed by atoms with E-state index in [1.807, 2.05) is 11.8 Å². The summed E-state index contributed by atoms with van der Waals surface area (Å²) in [6, 6.07) is 75.6. The molecule has 0 unspecified atom stereocenters. The van der Waals surface area contributed by atoms with Gasteiger partial charge in [-0.2, -0.15) is 0 Å². The molecule has 2 nitrogen and oxygen atoms in total. The largest absolute Gasteiger partial charge is 0.456 e. The Balaban J connectivity index is 1.10. The van der Waals surface area contributed by atoms with E-state index in [0.717, 1.165) is 53.3 Å². The van der Waals surface area contributed by atoms with Crippen LogP contribution in [0.1, 0.15) is 95.9 Å². The molecule has 1 spiro atoms. The molecule has 1 aromatic heterocycles. The van der Waals surface area contributed by atoms with Crippen LogP contribution < -0.4 is 4.90 Å². The van der Waals surface area contributed by atoms with Crippen molar-refractivity contribution >= 4 is 50.8 Å². The molecule has 14 rings (SSSR count). The van der Waals surface area contributed by atoms with Gasteiger partial charge in [0.25, 0.3) is 0 Å². The summed E-state index contributed by atoms with van der Waals surface area (Å²) in [7, 11) is 0. The molecule has 0 saturated heterocycles. The van der Waals surface area contributed by atoms with E-state index in [9.17, 15) is 0 Å². The van der Waals surface area contributed by atoms with Crippen molar-refractivity contribution < 1.29 is 4.42 Å². The van der Waals surface area contributed by atoms with E-state index >= 15 is 0 Å². The van der Waals surface area contributed by atoms with Gasteiger partial charge in [0.2, 0.25) is 0 Å². The lowest BCUT2D eigenvalue weighted by Crippen LogP contribution is -2.33. The molecule has 0 radical (unpaired) electrons. The molecular formula is C64H49NOS. The number of furan rings is 1. The fourth-order valence-electron chi connectivity index (χ4n) is 13.2. The number of hydrogen-bond donors (Lipinski definition) is 0. The Hall–Kier alpha value is -7.07. The van der Waals surface area contributed by atoms with Crippen molar-refractivity contribution in [2.45, 2.75) is 72.0 Å². The number of anilines is 3. The summed E-state index contributed by atoms with van der Waals surface area (Å²) < 4.78 is 6.73. The topological polar surface area (TPSA) is 16.4 Å². The zero-order valence-corrected chi connectivity index (χ0v) is 38.6. The van der Waals surface area contributed by atoms with Crippen molar-refractivity contribution in [1.29, 1.82) is 0 Å². The maximum atomic E-state index is 6.73. The molecule has 1 saturated carbocycles. The van der Waals surface area contributed by atoms with E-state index in [2.05, 4.69) is 219 Å². The fourth-order valence-corrected chi connectivity index (χ4v) is 14.6. The average molecular weight is 880 g/mol. The molecule has 3 heteroatoms. The van der Waals surface area contributed by atoms with Gasteiger partial charge in [0, 0.05) is 26.2 Å². The second-order valence-electron chi connectivity index (χ2n) is 19.7. The fraction of sp³-hybridized carbons (Fsp3) is 0.156. The van der Waals surface area contributed by atoms with Crippen LogP contribution in [0.15, 0.2) is 214 Å². The average Bonchev–Trinajstić information content (AvgIpc) is 3.99. The highest BCUT2D eigenvalue weighted by molar-refractivity contribution is 7.99. The minimum atomic E-state index is -0.471. The highest BCUT2D eigenvalue weighted by Gasteiger charge is 2.51. The first-order valence-electron chi connectivity index (χ1n) is 24.1. The van der Waals surface area contributed by atoms with Crippen molar-refractivity contribution in [2.75, 3.05) is 4.90 Å². The summed E-state index contributed by atoms with van der Waals surface area (Å²) in [6.07, 6.45) is 4.53. The molecule has 1 fully saturated rings. The van der Waals surface area contributed by atoms with E-state index in [0.29, 0.717) is 11.8 Å². The minimum absolute atomic E-state index is 0.161. The third-order valence-corrected chi connectivity index (χ3v) is 17.3. The first kappa shape index (κ1) is 39.1. The predicted molar refractivity (Wildman–Crippen MR) is 278 cm³/mol. The van der Waals surface area contributed by atoms with Crippen LogP contribution in [0.25, 0.3) is 44.2 Å². The highest BCUT2D eigenvalue weighted by atomic mass is 32.2. The molecule has 3 aliphatic carbocycles. The minimum Gasteiger partial charge on any atom is -0.456 e. The van der Waals surface area contributed by atoms with Crippen LogP contribution in [0.2, 0.25) is 0 Å². The molecule has 0 atom stereocenters. The van der Waals surface area contributed by atoms with Gasteiger partial charge < -0.3 is 9.32 Å². The Morgan fingerprint density at radius 1 is 0.448 bits per heavy atom. The quantitative estimate of drug-likeness (QED) is 0.171. The molecule has 0 amide bonds. The first-order chi connectivity index (χ1) is 33.0. The summed E-state index contributed by atoms with van der Waals surface area (Å²) in [5.41, 5.74) is 21.3. The molecule has 9 aromatic carbocycles. The van der Waals surface area contributed by atoms with Crippen LogP contribution in [-0.4, -0.2) is 0 Å². The van der Waals surface area contributed by atoms with E-state index in [4.69, 9.17) is 4.42 Å². The number of benzene rings is 9. The number of fused-ring (bicyclic) bond motifs is 15. The van der Waals surface area contributed by atoms with Gasteiger partial charge in [-0.1, -0.05) is 189 Å². The summed E-state index contributed by atoms with van der Waals surface area (Å²) in [6.45, 7) is 4.80. The molecule has 4 aliphatic rings. The predicted octanol–water partition coefficient (Wildman–Crippen LogP) is 17.6. The van der Waals surface area contributed by atoms with Crippen LogP contribution in [0, 0.1) is 0 Å². The first-order valence-corrected chi connectivity index (χ1v) is 25.0. The summed E-state index contributed by atoms with van der Waals surface area (Å²) in [5, 5.41) is 2.28. The summed E-state index contributed by atoms with van der Waals surface area (Å²) >= 11 is 2.01. The van der Waals surface area contributed by atoms with E-state index < -0.39 is 5.41 Å². The highest BCUT2D eigenvalue weighted by Crippen LogP contribution is 2.65. The van der Waals surface area contributed by atoms with Crippen molar-refractivity contribution in [3.8, 4) is 22.3 Å². The van der Waals surface area contributed by atoms with E-state index in [1.54, 1.807) is 0 Å². The molecule has 0 N–H and O–H groups in total. The summed E-state index contributed by atoms with van der Waals surface area (Å²) in [5.74, 6) is 0.877. The van der Waals surface area contributed by atoms with Crippen LogP contribution >= 0.6 is 11.8 Å². The van der Waals surface area contributed by atoms with E-state index in [1.165, 1.54) is 87.9 Å². The maximum Gasteiger partial charge on any atom is 0.137 e. The van der Waals surface area contributed by atoms with Crippen LogP contribution in [0.4, 0.5) is 17.1 Å². The molecule has 67 heavy (non-hydrogen) atoms. The zero-order chi connectivity index (χ0) is 44.4. The lowest BCUT2D eigenvalue weighted by atomic mass is 9.66. The SMILES string of the molecule is CC1(C)c2ccccc2-c2c(N(c3ccc4c(c3C3CCC(c5ccccc5)CC3)Sc3ccccc3C43c4ccccc4-c4ccccc43)c3cccc4oc5ccccc5c34)cccc21. The van der Waals surface area contributed by atoms with Gasteiger partial charge in [0.15, 0.2) is 0 Å². The summed E-state index contributed by atoms with van der Waals surface area (Å²) in [4.78, 5) is 5.42. The van der Waals surface area contributed by atoms with Gasteiger partial charge in [-0.3, -0.25) is 0 Å². The Morgan fingerprint density at radius 3 is 1.81 bits per heavy atom. The number of rotatable bonds is 5. The third kappa shape index (κ3) is 5.47. The van der Waals surface area contributed by atoms with Crippen molar-refractivity contribution in [1.82, 2.24) is 0 Å². The molecule has 322 valence electrons. The van der Waals surface area contributed by atoms with Crippen LogP contribution in [-0.2, 0) is 10.8 Å². The standard InChI is InChI=1S/C64H49NOS/c1-63(2)47-24-10-8-22-45(47)60-51(63)28-16-29-53(60)65(54-30-17-32-57-61(54)46-23-9-14-31-56(46)66-57)55-39-38-52-62(59(55)42-36-34-41(35-37-42)40-18-4-3-5-19-40)67-58-33-15-13-27-50(58)64(52)48-25-11-6-20-43(48)44-21-7-12-26-49(44)64/h3-33,38-39,41-42H,34-37H2,1-2H3. The van der Waals surface area contributed by atoms with Gasteiger partial charge in [0.05, 0.1) is 27.9 Å². The van der Waals surface area contributed by atoms with Gasteiger partial charge in [0.1, 0.15) is 11.2 Å².